The number of sulfonamides is 1. The van der Waals surface area contributed by atoms with E-state index in [-0.39, 0.29) is 11.1 Å². The summed E-state index contributed by atoms with van der Waals surface area (Å²) in [6.07, 6.45) is 2.11. The molecule has 2 N–H and O–H groups in total. The SMILES string of the molecule is CNC1CCN(S(=O)(=O)c2cnc(C)[nH]2)c2ccccc21. The second kappa shape index (κ2) is 5.16. The molecule has 6 nitrogen and oxygen atoms in total. The van der Waals surface area contributed by atoms with E-state index in [1.165, 1.54) is 10.5 Å². The highest BCUT2D eigenvalue weighted by atomic mass is 32.2. The summed E-state index contributed by atoms with van der Waals surface area (Å²) >= 11 is 0. The number of nitrogens with one attached hydrogen (secondary N) is 2. The van der Waals surface area contributed by atoms with Crippen LogP contribution >= 0.6 is 0 Å². The third-order valence-electron chi connectivity index (χ3n) is 3.80. The smallest absolute Gasteiger partial charge is 0.281 e. The number of anilines is 1. The van der Waals surface area contributed by atoms with E-state index in [0.29, 0.717) is 12.4 Å². The van der Waals surface area contributed by atoms with E-state index in [4.69, 9.17) is 0 Å². The standard InChI is InChI=1S/C14H18N4O2S/c1-10-16-9-14(17-10)21(19,20)18-8-7-12(15-2)11-5-3-4-6-13(11)18/h3-6,9,12,15H,7-8H2,1-2H3,(H,16,17). The molecule has 2 aromatic rings. The fourth-order valence-electron chi connectivity index (χ4n) is 2.73. The molecule has 0 radical (unpaired) electrons. The Morgan fingerprint density at radius 1 is 1.38 bits per heavy atom. The number of fused-ring (bicyclic) bond motifs is 1. The monoisotopic (exact) mass is 306 g/mol. The van der Waals surface area contributed by atoms with E-state index in [1.54, 1.807) is 6.92 Å². The molecule has 1 unspecified atom stereocenters. The quantitative estimate of drug-likeness (QED) is 0.902. The first-order chi connectivity index (χ1) is 10.0. The number of hydrogen-bond acceptors (Lipinski definition) is 4. The number of hydrogen-bond donors (Lipinski definition) is 2. The molecule has 3 rings (SSSR count). The van der Waals surface area contributed by atoms with Crippen molar-refractivity contribution in [3.8, 4) is 0 Å². The molecule has 1 aliphatic heterocycles. The summed E-state index contributed by atoms with van der Waals surface area (Å²) < 4.78 is 27.0. The van der Waals surface area contributed by atoms with Crippen LogP contribution in [0.1, 0.15) is 23.9 Å². The van der Waals surface area contributed by atoms with Crippen LogP contribution in [0.4, 0.5) is 5.69 Å². The van der Waals surface area contributed by atoms with Crippen LogP contribution in [-0.2, 0) is 10.0 Å². The van der Waals surface area contributed by atoms with Gasteiger partial charge in [0.1, 0.15) is 5.82 Å². The van der Waals surface area contributed by atoms with Gasteiger partial charge in [-0.05, 0) is 32.0 Å². The number of rotatable bonds is 3. The van der Waals surface area contributed by atoms with Crippen LogP contribution in [-0.4, -0.2) is 32.0 Å². The number of aryl methyl sites for hydroxylation is 1. The Hall–Kier alpha value is -1.86. The van der Waals surface area contributed by atoms with Gasteiger partial charge in [0, 0.05) is 12.6 Å². The fraction of sp³-hybridized carbons (Fsp3) is 0.357. The van der Waals surface area contributed by atoms with Crippen LogP contribution in [0.3, 0.4) is 0 Å². The molecule has 0 spiro atoms. The molecule has 1 atom stereocenters. The molecule has 0 amide bonds. The highest BCUT2D eigenvalue weighted by Crippen LogP contribution is 2.36. The molecule has 21 heavy (non-hydrogen) atoms. The number of aromatic nitrogens is 2. The Morgan fingerprint density at radius 3 is 2.81 bits per heavy atom. The first-order valence-corrected chi connectivity index (χ1v) is 8.28. The van der Waals surface area contributed by atoms with Crippen LogP contribution in [0, 0.1) is 6.92 Å². The van der Waals surface area contributed by atoms with Crippen LogP contribution in [0.15, 0.2) is 35.5 Å². The van der Waals surface area contributed by atoms with Crippen molar-refractivity contribution in [2.75, 3.05) is 17.9 Å². The maximum atomic E-state index is 12.8. The zero-order valence-corrected chi connectivity index (χ0v) is 12.8. The number of benzene rings is 1. The van der Waals surface area contributed by atoms with Gasteiger partial charge in [-0.15, -0.1) is 0 Å². The van der Waals surface area contributed by atoms with Crippen molar-refractivity contribution < 1.29 is 8.42 Å². The molecule has 2 heterocycles. The molecule has 112 valence electrons. The van der Waals surface area contributed by atoms with Crippen molar-refractivity contribution in [2.24, 2.45) is 0 Å². The number of H-pyrrole nitrogens is 1. The summed E-state index contributed by atoms with van der Waals surface area (Å²) in [6.45, 7) is 2.18. The predicted octanol–water partition coefficient (Wildman–Crippen LogP) is 1.58. The van der Waals surface area contributed by atoms with E-state index in [1.807, 2.05) is 31.3 Å². The van der Waals surface area contributed by atoms with Crippen molar-refractivity contribution in [1.82, 2.24) is 15.3 Å². The lowest BCUT2D eigenvalue weighted by atomic mass is 9.98. The average molecular weight is 306 g/mol. The van der Waals surface area contributed by atoms with Gasteiger partial charge >= 0.3 is 0 Å². The third kappa shape index (κ3) is 2.32. The minimum atomic E-state index is -3.60. The van der Waals surface area contributed by atoms with E-state index in [0.717, 1.165) is 17.7 Å². The van der Waals surface area contributed by atoms with Gasteiger partial charge in [-0.2, -0.15) is 8.42 Å². The lowest BCUT2D eigenvalue weighted by Crippen LogP contribution is -2.39. The Bertz CT molecular complexity index is 754. The predicted molar refractivity (Wildman–Crippen MR) is 80.7 cm³/mol. The van der Waals surface area contributed by atoms with Crippen molar-refractivity contribution in [1.29, 1.82) is 0 Å². The lowest BCUT2D eigenvalue weighted by Gasteiger charge is -2.34. The van der Waals surface area contributed by atoms with Crippen molar-refractivity contribution in [2.45, 2.75) is 24.4 Å². The molecule has 1 aliphatic rings. The van der Waals surface area contributed by atoms with Crippen LogP contribution in [0.2, 0.25) is 0 Å². The summed E-state index contributed by atoms with van der Waals surface area (Å²) in [5, 5.41) is 3.37. The zero-order valence-electron chi connectivity index (χ0n) is 12.0. The molecule has 0 saturated carbocycles. The van der Waals surface area contributed by atoms with E-state index in [9.17, 15) is 8.42 Å². The molecule has 7 heteroatoms. The van der Waals surface area contributed by atoms with E-state index >= 15 is 0 Å². The van der Waals surface area contributed by atoms with Crippen molar-refractivity contribution in [3.05, 3.63) is 41.9 Å². The summed E-state index contributed by atoms with van der Waals surface area (Å²) in [5.41, 5.74) is 1.74. The molecule has 0 bridgehead atoms. The molecular formula is C14H18N4O2S. The molecule has 1 aromatic heterocycles. The minimum Gasteiger partial charge on any atom is -0.332 e. The molecule has 0 fully saturated rings. The van der Waals surface area contributed by atoms with Crippen LogP contribution in [0.5, 0.6) is 0 Å². The first-order valence-electron chi connectivity index (χ1n) is 6.84. The van der Waals surface area contributed by atoms with Gasteiger partial charge < -0.3 is 10.3 Å². The fourth-order valence-corrected chi connectivity index (χ4v) is 4.20. The number of imidazole rings is 1. The molecule has 1 aromatic carbocycles. The van der Waals surface area contributed by atoms with Gasteiger partial charge in [0.2, 0.25) is 0 Å². The Morgan fingerprint density at radius 2 is 2.14 bits per heavy atom. The van der Waals surface area contributed by atoms with Crippen molar-refractivity contribution >= 4 is 15.7 Å². The molecule has 0 saturated heterocycles. The summed E-state index contributed by atoms with van der Waals surface area (Å²) in [4.78, 5) is 6.80. The average Bonchev–Trinajstić information content (AvgIpc) is 2.93. The Kier molecular flexibility index (Phi) is 3.46. The third-order valence-corrected chi connectivity index (χ3v) is 5.52. The highest BCUT2D eigenvalue weighted by molar-refractivity contribution is 7.92. The largest absolute Gasteiger partial charge is 0.332 e. The van der Waals surface area contributed by atoms with E-state index < -0.39 is 10.0 Å². The van der Waals surface area contributed by atoms with Gasteiger partial charge in [-0.3, -0.25) is 4.31 Å². The van der Waals surface area contributed by atoms with Gasteiger partial charge in [-0.1, -0.05) is 18.2 Å². The Labute approximate surface area is 124 Å². The Balaban J connectivity index is 2.08. The second-order valence-corrected chi connectivity index (χ2v) is 6.93. The van der Waals surface area contributed by atoms with Gasteiger partial charge in [0.25, 0.3) is 10.0 Å². The van der Waals surface area contributed by atoms with Crippen LogP contribution < -0.4 is 9.62 Å². The highest BCUT2D eigenvalue weighted by Gasteiger charge is 2.33. The number of para-hydroxylation sites is 1. The summed E-state index contributed by atoms with van der Waals surface area (Å²) in [5.74, 6) is 0.590. The first kappa shape index (κ1) is 14.1. The van der Waals surface area contributed by atoms with Crippen LogP contribution in [0.25, 0.3) is 0 Å². The zero-order chi connectivity index (χ0) is 15.0. The minimum absolute atomic E-state index is 0.137. The maximum Gasteiger partial charge on any atom is 0.281 e. The number of aromatic amines is 1. The topological polar surface area (TPSA) is 78.1 Å². The molecular weight excluding hydrogens is 288 g/mol. The summed E-state index contributed by atoms with van der Waals surface area (Å²) in [7, 11) is -1.71. The van der Waals surface area contributed by atoms with Gasteiger partial charge in [0.05, 0.1) is 11.9 Å². The van der Waals surface area contributed by atoms with E-state index in [2.05, 4.69) is 15.3 Å². The molecule has 0 aliphatic carbocycles. The normalized spacial score (nSPS) is 18.6. The maximum absolute atomic E-state index is 12.8. The second-order valence-electron chi connectivity index (χ2n) is 5.10. The van der Waals surface area contributed by atoms with Gasteiger partial charge in [0.15, 0.2) is 5.03 Å². The van der Waals surface area contributed by atoms with Gasteiger partial charge in [-0.25, -0.2) is 4.98 Å². The summed E-state index contributed by atoms with van der Waals surface area (Å²) in [6, 6.07) is 7.78. The lowest BCUT2D eigenvalue weighted by molar-refractivity contribution is 0.527. The number of nitrogens with zero attached hydrogens (tertiary/aromatic N) is 2. The van der Waals surface area contributed by atoms with Crippen molar-refractivity contribution in [3.63, 3.8) is 0 Å².